The Morgan fingerprint density at radius 2 is 1.89 bits per heavy atom. The van der Waals surface area contributed by atoms with Gasteiger partial charge in [-0.3, -0.25) is 9.69 Å². The largest absolute Gasteiger partial charge is 0.342 e. The first-order valence-electron chi connectivity index (χ1n) is 10.5. The fourth-order valence-corrected chi connectivity index (χ4v) is 4.24. The Hall–Kier alpha value is -2.21. The third-order valence-electron chi connectivity index (χ3n) is 6.14. The van der Waals surface area contributed by atoms with Crippen LogP contribution in [0.2, 0.25) is 0 Å². The van der Waals surface area contributed by atoms with Crippen LogP contribution in [0, 0.1) is 18.8 Å². The SMILES string of the molecule is Cc1cccc(-c2noc(CN3CCC(C(=O)N4CCC(C)CC4)CC3)n2)c1. The van der Waals surface area contributed by atoms with Crippen LogP contribution in [-0.4, -0.2) is 52.0 Å². The highest BCUT2D eigenvalue weighted by Gasteiger charge is 2.30. The molecular formula is C22H30N4O2. The summed E-state index contributed by atoms with van der Waals surface area (Å²) in [5.41, 5.74) is 2.16. The number of likely N-dealkylation sites (tertiary alicyclic amines) is 2. The van der Waals surface area contributed by atoms with Crippen LogP contribution in [0.1, 0.15) is 44.1 Å². The topological polar surface area (TPSA) is 62.5 Å². The summed E-state index contributed by atoms with van der Waals surface area (Å²) in [5, 5.41) is 4.13. The van der Waals surface area contributed by atoms with Gasteiger partial charge in [0.05, 0.1) is 6.54 Å². The van der Waals surface area contributed by atoms with Gasteiger partial charge in [-0.15, -0.1) is 0 Å². The lowest BCUT2D eigenvalue weighted by molar-refractivity contribution is -0.138. The molecule has 1 aromatic heterocycles. The average molecular weight is 383 g/mol. The second-order valence-corrected chi connectivity index (χ2v) is 8.44. The van der Waals surface area contributed by atoms with Crippen molar-refractivity contribution in [3.8, 4) is 11.4 Å². The van der Waals surface area contributed by atoms with Crippen molar-refractivity contribution in [3.63, 3.8) is 0 Å². The lowest BCUT2D eigenvalue weighted by Crippen LogP contribution is -2.45. The van der Waals surface area contributed by atoms with Crippen LogP contribution in [0.25, 0.3) is 11.4 Å². The summed E-state index contributed by atoms with van der Waals surface area (Å²) in [5.74, 6) is 2.58. The molecule has 2 aliphatic rings. The lowest BCUT2D eigenvalue weighted by atomic mass is 9.93. The van der Waals surface area contributed by atoms with Crippen molar-refractivity contribution in [1.29, 1.82) is 0 Å². The predicted molar refractivity (Wildman–Crippen MR) is 107 cm³/mol. The zero-order valence-electron chi connectivity index (χ0n) is 16.9. The Labute approximate surface area is 166 Å². The molecule has 3 heterocycles. The van der Waals surface area contributed by atoms with Gasteiger partial charge in [0.15, 0.2) is 0 Å². The van der Waals surface area contributed by atoms with E-state index in [1.807, 2.05) is 12.1 Å². The van der Waals surface area contributed by atoms with E-state index < -0.39 is 0 Å². The van der Waals surface area contributed by atoms with Gasteiger partial charge < -0.3 is 9.42 Å². The van der Waals surface area contributed by atoms with E-state index in [1.54, 1.807) is 0 Å². The Bertz CT molecular complexity index is 802. The molecule has 2 aromatic rings. The first kappa shape index (κ1) is 19.1. The number of piperidine rings is 2. The molecule has 1 amide bonds. The number of aryl methyl sites for hydroxylation is 1. The molecule has 0 aliphatic carbocycles. The zero-order valence-corrected chi connectivity index (χ0v) is 16.9. The Kier molecular flexibility index (Phi) is 5.76. The van der Waals surface area contributed by atoms with Gasteiger partial charge in [-0.2, -0.15) is 4.98 Å². The number of rotatable bonds is 4. The molecule has 150 valence electrons. The molecule has 0 spiro atoms. The lowest BCUT2D eigenvalue weighted by Gasteiger charge is -2.36. The second kappa shape index (κ2) is 8.43. The van der Waals surface area contributed by atoms with Crippen molar-refractivity contribution in [3.05, 3.63) is 35.7 Å². The number of amides is 1. The number of carbonyl (C=O) groups excluding carboxylic acids is 1. The summed E-state index contributed by atoms with van der Waals surface area (Å²) in [6.45, 7) is 8.67. The molecule has 1 aromatic carbocycles. The van der Waals surface area contributed by atoms with Crippen LogP contribution in [0.15, 0.2) is 28.8 Å². The van der Waals surface area contributed by atoms with Gasteiger partial charge in [0.25, 0.3) is 0 Å². The number of hydrogen-bond acceptors (Lipinski definition) is 5. The third kappa shape index (κ3) is 4.43. The van der Waals surface area contributed by atoms with Crippen molar-refractivity contribution < 1.29 is 9.32 Å². The standard InChI is InChI=1S/C22H30N4O2/c1-16-6-12-26(13-7-16)22(27)18-8-10-25(11-9-18)15-20-23-21(24-28-20)19-5-3-4-17(2)14-19/h3-5,14,16,18H,6-13,15H2,1-2H3. The van der Waals surface area contributed by atoms with Crippen LogP contribution in [0.5, 0.6) is 0 Å². The maximum absolute atomic E-state index is 12.8. The number of aromatic nitrogens is 2. The molecule has 0 bridgehead atoms. The van der Waals surface area contributed by atoms with Crippen molar-refractivity contribution in [2.24, 2.45) is 11.8 Å². The summed E-state index contributed by atoms with van der Waals surface area (Å²) in [6, 6.07) is 8.12. The Morgan fingerprint density at radius 3 is 2.61 bits per heavy atom. The molecule has 2 saturated heterocycles. The van der Waals surface area contributed by atoms with Crippen LogP contribution in [0.3, 0.4) is 0 Å². The van der Waals surface area contributed by atoms with Gasteiger partial charge >= 0.3 is 0 Å². The van der Waals surface area contributed by atoms with Gasteiger partial charge in [-0.1, -0.05) is 35.8 Å². The summed E-state index contributed by atoms with van der Waals surface area (Å²) >= 11 is 0. The van der Waals surface area contributed by atoms with Gasteiger partial charge in [-0.25, -0.2) is 0 Å². The molecule has 0 radical (unpaired) electrons. The molecule has 0 unspecified atom stereocenters. The quantitative estimate of drug-likeness (QED) is 0.810. The fraction of sp³-hybridized carbons (Fsp3) is 0.591. The average Bonchev–Trinajstić information content (AvgIpc) is 3.17. The molecule has 2 fully saturated rings. The van der Waals surface area contributed by atoms with Crippen LogP contribution < -0.4 is 0 Å². The maximum atomic E-state index is 12.8. The van der Waals surface area contributed by atoms with Crippen LogP contribution in [-0.2, 0) is 11.3 Å². The highest BCUT2D eigenvalue weighted by Crippen LogP contribution is 2.25. The van der Waals surface area contributed by atoms with Crippen LogP contribution in [0.4, 0.5) is 0 Å². The van der Waals surface area contributed by atoms with E-state index in [0.29, 0.717) is 24.2 Å². The Balaban J connectivity index is 1.28. The summed E-state index contributed by atoms with van der Waals surface area (Å²) < 4.78 is 5.46. The molecule has 0 saturated carbocycles. The summed E-state index contributed by atoms with van der Waals surface area (Å²) in [7, 11) is 0. The minimum absolute atomic E-state index is 0.176. The van der Waals surface area contributed by atoms with Gasteiger partial charge in [0.1, 0.15) is 0 Å². The first-order valence-corrected chi connectivity index (χ1v) is 10.5. The van der Waals surface area contributed by atoms with Crippen LogP contribution >= 0.6 is 0 Å². The van der Waals surface area contributed by atoms with Crippen molar-refractivity contribution in [1.82, 2.24) is 19.9 Å². The molecule has 2 aliphatic heterocycles. The van der Waals surface area contributed by atoms with Gasteiger partial charge in [-0.05, 0) is 57.7 Å². The molecule has 28 heavy (non-hydrogen) atoms. The van der Waals surface area contributed by atoms with E-state index in [1.165, 1.54) is 5.56 Å². The van der Waals surface area contributed by atoms with Crippen molar-refractivity contribution >= 4 is 5.91 Å². The molecular weight excluding hydrogens is 352 g/mol. The van der Waals surface area contributed by atoms with E-state index in [9.17, 15) is 4.79 Å². The molecule has 6 heteroatoms. The van der Waals surface area contributed by atoms with Crippen molar-refractivity contribution in [2.75, 3.05) is 26.2 Å². The van der Waals surface area contributed by atoms with E-state index in [2.05, 4.69) is 45.9 Å². The molecule has 4 rings (SSSR count). The van der Waals surface area contributed by atoms with Crippen molar-refractivity contribution in [2.45, 2.75) is 46.1 Å². The maximum Gasteiger partial charge on any atom is 0.241 e. The number of benzene rings is 1. The molecule has 6 nitrogen and oxygen atoms in total. The highest BCUT2D eigenvalue weighted by molar-refractivity contribution is 5.79. The summed E-state index contributed by atoms with van der Waals surface area (Å²) in [4.78, 5) is 21.7. The number of hydrogen-bond donors (Lipinski definition) is 0. The molecule has 0 N–H and O–H groups in total. The van der Waals surface area contributed by atoms with E-state index in [-0.39, 0.29) is 5.92 Å². The minimum atomic E-state index is 0.176. The number of nitrogens with zero attached hydrogens (tertiary/aromatic N) is 4. The third-order valence-corrected chi connectivity index (χ3v) is 6.14. The van der Waals surface area contributed by atoms with Gasteiger partial charge in [0, 0.05) is 24.6 Å². The Morgan fingerprint density at radius 1 is 1.14 bits per heavy atom. The zero-order chi connectivity index (χ0) is 19.5. The minimum Gasteiger partial charge on any atom is -0.342 e. The van der Waals surface area contributed by atoms with Gasteiger partial charge in [0.2, 0.25) is 17.6 Å². The highest BCUT2D eigenvalue weighted by atomic mass is 16.5. The normalized spacial score (nSPS) is 19.9. The van der Waals surface area contributed by atoms with E-state index in [4.69, 9.17) is 4.52 Å². The second-order valence-electron chi connectivity index (χ2n) is 8.44. The smallest absolute Gasteiger partial charge is 0.241 e. The summed E-state index contributed by atoms with van der Waals surface area (Å²) in [6.07, 6.45) is 4.13. The molecule has 0 atom stereocenters. The van der Waals surface area contributed by atoms with E-state index >= 15 is 0 Å². The van der Waals surface area contributed by atoms with E-state index in [0.717, 1.165) is 63.3 Å². The first-order chi connectivity index (χ1) is 13.6. The monoisotopic (exact) mass is 382 g/mol. The fourth-order valence-electron chi connectivity index (χ4n) is 4.24. The number of carbonyl (C=O) groups is 1. The predicted octanol–water partition coefficient (Wildman–Crippen LogP) is 3.52.